The van der Waals surface area contributed by atoms with Crippen LogP contribution in [0.3, 0.4) is 0 Å². The molecule has 0 aromatic carbocycles. The van der Waals surface area contributed by atoms with E-state index < -0.39 is 0 Å². The Morgan fingerprint density at radius 3 is 2.86 bits per heavy atom. The second-order valence-corrected chi connectivity index (χ2v) is 7.17. The number of rotatable bonds is 2. The van der Waals surface area contributed by atoms with Gasteiger partial charge in [-0.25, -0.2) is 9.97 Å². The first-order valence-corrected chi connectivity index (χ1v) is 8.55. The van der Waals surface area contributed by atoms with E-state index in [0.29, 0.717) is 5.92 Å². The Labute approximate surface area is 131 Å². The molecule has 1 N–H and O–H groups in total. The van der Waals surface area contributed by atoms with Crippen molar-refractivity contribution in [1.29, 1.82) is 0 Å². The normalized spacial score (nSPS) is 28.8. The minimum atomic E-state index is -0.206. The lowest BCUT2D eigenvalue weighted by Crippen LogP contribution is -2.47. The van der Waals surface area contributed by atoms with Crippen molar-refractivity contribution in [2.24, 2.45) is 5.41 Å². The van der Waals surface area contributed by atoms with Crippen LogP contribution in [0.15, 0.2) is 6.07 Å². The van der Waals surface area contributed by atoms with Gasteiger partial charge in [-0.2, -0.15) is 0 Å². The van der Waals surface area contributed by atoms with Crippen LogP contribution in [0.1, 0.15) is 55.8 Å². The average molecular weight is 300 g/mol. The van der Waals surface area contributed by atoms with Gasteiger partial charge in [-0.1, -0.05) is 6.42 Å². The van der Waals surface area contributed by atoms with Crippen LogP contribution in [0.4, 0.5) is 5.95 Å². The number of aromatic nitrogens is 2. The molecule has 5 nitrogen and oxygen atoms in total. The van der Waals surface area contributed by atoms with E-state index in [1.54, 1.807) is 0 Å². The Bertz CT molecular complexity index is 598. The molecule has 1 amide bonds. The lowest BCUT2D eigenvalue weighted by Gasteiger charge is -2.32. The Morgan fingerprint density at radius 2 is 2.14 bits per heavy atom. The minimum Gasteiger partial charge on any atom is -0.356 e. The summed E-state index contributed by atoms with van der Waals surface area (Å²) in [4.78, 5) is 24.0. The number of anilines is 1. The van der Waals surface area contributed by atoms with E-state index in [1.807, 2.05) is 6.92 Å². The third-order valence-corrected chi connectivity index (χ3v) is 5.62. The highest BCUT2D eigenvalue weighted by Gasteiger charge is 2.46. The lowest BCUT2D eigenvalue weighted by molar-refractivity contribution is -0.132. The summed E-state index contributed by atoms with van der Waals surface area (Å²) in [5, 5.41) is 3.04. The fourth-order valence-electron chi connectivity index (χ4n) is 3.99. The molecule has 1 saturated carbocycles. The third kappa shape index (κ3) is 2.27. The Morgan fingerprint density at radius 1 is 1.27 bits per heavy atom. The molecule has 5 heteroatoms. The van der Waals surface area contributed by atoms with Gasteiger partial charge in [0.25, 0.3) is 0 Å². The van der Waals surface area contributed by atoms with Gasteiger partial charge in [0.15, 0.2) is 0 Å². The SMILES string of the molecule is Cc1cc(C2CCC2)nc(N2CC[C@@]3(CCCNC3=O)C2)n1. The minimum absolute atomic E-state index is 0.206. The molecule has 1 spiro atoms. The Kier molecular flexibility index (Phi) is 3.31. The monoisotopic (exact) mass is 300 g/mol. The quantitative estimate of drug-likeness (QED) is 0.909. The molecular formula is C17H24N4O. The van der Waals surface area contributed by atoms with E-state index >= 15 is 0 Å². The van der Waals surface area contributed by atoms with Gasteiger partial charge in [0.1, 0.15) is 0 Å². The first-order valence-electron chi connectivity index (χ1n) is 8.55. The average Bonchev–Trinajstić information content (AvgIpc) is 2.85. The fraction of sp³-hybridized carbons (Fsp3) is 0.706. The number of piperidine rings is 1. The van der Waals surface area contributed by atoms with Gasteiger partial charge < -0.3 is 10.2 Å². The number of carbonyl (C=O) groups excluding carboxylic acids is 1. The van der Waals surface area contributed by atoms with Crippen molar-refractivity contribution in [3.63, 3.8) is 0 Å². The van der Waals surface area contributed by atoms with Crippen LogP contribution in [0, 0.1) is 12.3 Å². The molecule has 0 radical (unpaired) electrons. The van der Waals surface area contributed by atoms with Crippen LogP contribution < -0.4 is 10.2 Å². The largest absolute Gasteiger partial charge is 0.356 e. The molecule has 0 unspecified atom stereocenters. The van der Waals surface area contributed by atoms with Crippen LogP contribution >= 0.6 is 0 Å². The molecule has 1 aromatic heterocycles. The van der Waals surface area contributed by atoms with Crippen LogP contribution in [-0.4, -0.2) is 35.5 Å². The zero-order valence-electron chi connectivity index (χ0n) is 13.3. The number of hydrogen-bond acceptors (Lipinski definition) is 4. The zero-order chi connectivity index (χ0) is 15.2. The van der Waals surface area contributed by atoms with E-state index in [4.69, 9.17) is 4.98 Å². The second-order valence-electron chi connectivity index (χ2n) is 7.17. The van der Waals surface area contributed by atoms with Crippen molar-refractivity contribution in [2.45, 2.75) is 51.4 Å². The predicted octanol–water partition coefficient (Wildman–Crippen LogP) is 2.16. The summed E-state index contributed by atoms with van der Waals surface area (Å²) in [5.41, 5.74) is 2.03. The third-order valence-electron chi connectivity index (χ3n) is 5.62. The van der Waals surface area contributed by atoms with Crippen LogP contribution in [0.25, 0.3) is 0 Å². The van der Waals surface area contributed by atoms with E-state index in [1.165, 1.54) is 25.0 Å². The molecule has 1 aromatic rings. The van der Waals surface area contributed by atoms with Crippen molar-refractivity contribution in [2.75, 3.05) is 24.5 Å². The molecule has 2 aliphatic heterocycles. The highest BCUT2D eigenvalue weighted by atomic mass is 16.2. The van der Waals surface area contributed by atoms with Crippen molar-refractivity contribution in [3.05, 3.63) is 17.5 Å². The summed E-state index contributed by atoms with van der Waals surface area (Å²) >= 11 is 0. The highest BCUT2D eigenvalue weighted by molar-refractivity contribution is 5.84. The van der Waals surface area contributed by atoms with E-state index in [-0.39, 0.29) is 11.3 Å². The predicted molar refractivity (Wildman–Crippen MR) is 84.9 cm³/mol. The maximum atomic E-state index is 12.3. The molecule has 3 heterocycles. The lowest BCUT2D eigenvalue weighted by atomic mass is 9.79. The topological polar surface area (TPSA) is 58.1 Å². The molecule has 118 valence electrons. The summed E-state index contributed by atoms with van der Waals surface area (Å²) in [5.74, 6) is 1.68. The van der Waals surface area contributed by atoms with E-state index in [2.05, 4.69) is 21.3 Å². The smallest absolute Gasteiger partial charge is 0.228 e. The fourth-order valence-corrected chi connectivity index (χ4v) is 3.99. The van der Waals surface area contributed by atoms with Gasteiger partial charge >= 0.3 is 0 Å². The van der Waals surface area contributed by atoms with E-state index in [9.17, 15) is 4.79 Å². The van der Waals surface area contributed by atoms with Gasteiger partial charge in [0.2, 0.25) is 11.9 Å². The second kappa shape index (κ2) is 5.21. The number of carbonyl (C=O) groups is 1. The van der Waals surface area contributed by atoms with Crippen molar-refractivity contribution in [1.82, 2.24) is 15.3 Å². The van der Waals surface area contributed by atoms with Crippen LogP contribution in [0.5, 0.6) is 0 Å². The van der Waals surface area contributed by atoms with Gasteiger partial charge in [-0.15, -0.1) is 0 Å². The zero-order valence-corrected chi connectivity index (χ0v) is 13.3. The van der Waals surface area contributed by atoms with Gasteiger partial charge in [0.05, 0.1) is 5.41 Å². The first kappa shape index (κ1) is 14.0. The van der Waals surface area contributed by atoms with Crippen molar-refractivity contribution >= 4 is 11.9 Å². The summed E-state index contributed by atoms with van der Waals surface area (Å²) in [6.45, 7) is 4.53. The summed E-state index contributed by atoms with van der Waals surface area (Å²) in [6, 6.07) is 2.13. The highest BCUT2D eigenvalue weighted by Crippen LogP contribution is 2.40. The standard InChI is InChI=1S/C17H24N4O/c1-12-10-14(13-4-2-5-13)20-16(19-12)21-9-7-17(11-21)6-3-8-18-15(17)22/h10,13H,2-9,11H2,1H3,(H,18,22)/t17-/m0/s1. The maximum absolute atomic E-state index is 12.3. The van der Waals surface area contributed by atoms with Crippen molar-refractivity contribution < 1.29 is 4.79 Å². The van der Waals surface area contributed by atoms with E-state index in [0.717, 1.165) is 50.5 Å². The van der Waals surface area contributed by atoms with Gasteiger partial charge in [-0.05, 0) is 45.1 Å². The number of nitrogens with one attached hydrogen (secondary N) is 1. The molecule has 2 saturated heterocycles. The molecule has 22 heavy (non-hydrogen) atoms. The molecule has 4 rings (SSSR count). The number of aryl methyl sites for hydroxylation is 1. The molecule has 1 aliphatic carbocycles. The van der Waals surface area contributed by atoms with Gasteiger partial charge in [-0.3, -0.25) is 4.79 Å². The maximum Gasteiger partial charge on any atom is 0.228 e. The molecule has 1 atom stereocenters. The summed E-state index contributed by atoms with van der Waals surface area (Å²) in [7, 11) is 0. The van der Waals surface area contributed by atoms with Crippen LogP contribution in [-0.2, 0) is 4.79 Å². The molecular weight excluding hydrogens is 276 g/mol. The number of amides is 1. The summed E-state index contributed by atoms with van der Waals surface area (Å²) in [6.07, 6.45) is 6.83. The summed E-state index contributed by atoms with van der Waals surface area (Å²) < 4.78 is 0. The first-order chi connectivity index (χ1) is 10.7. The van der Waals surface area contributed by atoms with Crippen LogP contribution in [0.2, 0.25) is 0 Å². The number of hydrogen-bond donors (Lipinski definition) is 1. The molecule has 3 fully saturated rings. The Hall–Kier alpha value is -1.65. The number of nitrogens with zero attached hydrogens (tertiary/aromatic N) is 3. The molecule has 3 aliphatic rings. The van der Waals surface area contributed by atoms with Gasteiger partial charge in [0, 0.05) is 36.9 Å². The Balaban J connectivity index is 1.57. The van der Waals surface area contributed by atoms with Crippen molar-refractivity contribution in [3.8, 4) is 0 Å². The molecule has 0 bridgehead atoms.